The van der Waals surface area contributed by atoms with Gasteiger partial charge < -0.3 is 13.7 Å². The van der Waals surface area contributed by atoms with E-state index in [9.17, 15) is 0 Å². The van der Waals surface area contributed by atoms with E-state index < -0.39 is 7.82 Å². The molecule has 0 amide bonds. The number of phosphoric ester groups is 1. The van der Waals surface area contributed by atoms with E-state index in [2.05, 4.69) is 101 Å². The third kappa shape index (κ3) is 7.90. The van der Waals surface area contributed by atoms with Crippen LogP contribution in [-0.4, -0.2) is 47.0 Å². The van der Waals surface area contributed by atoms with Gasteiger partial charge in [-0.2, -0.15) is 0 Å². The molecule has 0 bridgehead atoms. The Hall–Kier alpha value is -4.60. The number of aromatic nitrogens is 6. The molecule has 6 unspecified atom stereocenters. The van der Waals surface area contributed by atoms with Crippen LogP contribution >= 0.6 is 7.82 Å². The van der Waals surface area contributed by atoms with Crippen molar-refractivity contribution in [1.82, 2.24) is 28.7 Å². The molecule has 3 aromatic heterocycles. The summed E-state index contributed by atoms with van der Waals surface area (Å²) in [5, 5.41) is 0. The lowest BCUT2D eigenvalue weighted by atomic mass is 9.82. The number of phosphoric acid groups is 1. The molecule has 6 aromatic rings. The molecular formula is C54H63N6O4P. The second kappa shape index (κ2) is 17.9. The molecule has 3 fully saturated rings. The Labute approximate surface area is 383 Å². The summed E-state index contributed by atoms with van der Waals surface area (Å²) >= 11 is 0. The topological polar surface area (TPSA) is 98.2 Å². The molecule has 3 saturated carbocycles. The van der Waals surface area contributed by atoms with Crippen molar-refractivity contribution in [2.75, 3.05) is 0 Å². The number of fused-ring (bicyclic) bond motifs is 9. The highest BCUT2D eigenvalue weighted by Gasteiger charge is 2.47. The van der Waals surface area contributed by atoms with E-state index in [1.165, 1.54) is 52.6 Å². The maximum Gasteiger partial charge on any atom is 0.475 e. The minimum atomic E-state index is -4.30. The molecule has 3 aromatic carbocycles. The highest BCUT2D eigenvalue weighted by Crippen LogP contribution is 2.60. The van der Waals surface area contributed by atoms with E-state index >= 15 is 4.57 Å². The van der Waals surface area contributed by atoms with Crippen molar-refractivity contribution in [3.8, 4) is 33.8 Å². The van der Waals surface area contributed by atoms with Gasteiger partial charge in [-0.3, -0.25) is 13.6 Å². The van der Waals surface area contributed by atoms with Gasteiger partial charge in [0.2, 0.25) is 0 Å². The van der Waals surface area contributed by atoms with Gasteiger partial charge in [0.1, 0.15) is 0 Å². The second-order valence-corrected chi connectivity index (χ2v) is 21.7. The van der Waals surface area contributed by atoms with Gasteiger partial charge in [-0.05, 0) is 92.2 Å². The van der Waals surface area contributed by atoms with Gasteiger partial charge in [-0.15, -0.1) is 0 Å². The zero-order valence-electron chi connectivity index (χ0n) is 37.6. The maximum atomic E-state index is 16.9. The van der Waals surface area contributed by atoms with Gasteiger partial charge >= 0.3 is 7.82 Å². The number of imidazole rings is 3. The molecule has 65 heavy (non-hydrogen) atoms. The molecule has 0 radical (unpaired) electrons. The Bertz CT molecular complexity index is 2370. The van der Waals surface area contributed by atoms with Crippen molar-refractivity contribution >= 4 is 7.82 Å². The monoisotopic (exact) mass is 890 g/mol. The molecular weight excluding hydrogens is 828 g/mol. The molecule has 11 heteroatoms. The standard InChI is InChI=1S/C54H63N6O4P/c61-65(62-52(37-16-4-1-5-17-37)28-46-40-22-10-13-25-43(40)49-31-55-34-58(46)49,63-53(38-18-6-2-7-19-38)29-47-41-23-11-14-26-44(41)50-32-56-35-59(47)50)64-54(39-20-8-3-9-21-39)30-48-42-24-12-15-27-45(42)51-33-57-36-60(48)51/h10-15,22-27,31-39,46-48,52-54H,1-9,16-21,28-30H2. The fourth-order valence-electron chi connectivity index (χ4n) is 13.2. The molecule has 0 N–H and O–H groups in total. The Morgan fingerprint density at radius 1 is 0.446 bits per heavy atom. The van der Waals surface area contributed by atoms with E-state index in [-0.39, 0.29) is 54.2 Å². The van der Waals surface area contributed by atoms with Crippen LogP contribution in [0.4, 0.5) is 0 Å². The van der Waals surface area contributed by atoms with E-state index in [1.54, 1.807) is 0 Å². The van der Waals surface area contributed by atoms with Gasteiger partial charge in [-0.25, -0.2) is 19.5 Å². The predicted molar refractivity (Wildman–Crippen MR) is 253 cm³/mol. The number of rotatable bonds is 15. The summed E-state index contributed by atoms with van der Waals surface area (Å²) in [6.45, 7) is 0. The van der Waals surface area contributed by atoms with Crippen molar-refractivity contribution in [2.24, 2.45) is 17.8 Å². The lowest BCUT2D eigenvalue weighted by molar-refractivity contribution is -0.0312. The summed E-state index contributed by atoms with van der Waals surface area (Å²) in [6.07, 6.45) is 29.6. The number of benzene rings is 3. The SMILES string of the molecule is O=P(OC(CC1c2ccccc2-c2cncn21)C1CCCCC1)(OC(CC1c2ccccc2-c2cncn21)C1CCCCC1)OC(CC1c2ccccc2-c2cncn21)C1CCCCC1. The Balaban J connectivity index is 0.946. The van der Waals surface area contributed by atoms with Crippen LogP contribution in [0.2, 0.25) is 0 Å². The summed E-state index contributed by atoms with van der Waals surface area (Å²) in [7, 11) is -4.30. The molecule has 6 heterocycles. The first-order valence-corrected chi connectivity index (χ1v) is 26.5. The average molecular weight is 891 g/mol. The van der Waals surface area contributed by atoms with E-state index in [4.69, 9.17) is 13.6 Å². The lowest BCUT2D eigenvalue weighted by Crippen LogP contribution is -2.34. The summed E-state index contributed by atoms with van der Waals surface area (Å²) in [6, 6.07) is 26.2. The molecule has 3 aliphatic carbocycles. The third-order valence-electron chi connectivity index (χ3n) is 16.5. The summed E-state index contributed by atoms with van der Waals surface area (Å²) in [5.74, 6) is 0.696. The van der Waals surface area contributed by atoms with E-state index in [0.29, 0.717) is 19.3 Å². The van der Waals surface area contributed by atoms with Gasteiger partial charge in [0.25, 0.3) is 0 Å². The van der Waals surface area contributed by atoms with Crippen LogP contribution < -0.4 is 0 Å². The Kier molecular flexibility index (Phi) is 11.5. The lowest BCUT2D eigenvalue weighted by Gasteiger charge is -2.40. The third-order valence-corrected chi connectivity index (χ3v) is 18.1. The Morgan fingerprint density at radius 2 is 0.738 bits per heavy atom. The normalized spacial score (nSPS) is 24.0. The van der Waals surface area contributed by atoms with Crippen LogP contribution in [0.5, 0.6) is 0 Å². The van der Waals surface area contributed by atoms with Crippen LogP contribution in [0.15, 0.2) is 110 Å². The maximum absolute atomic E-state index is 16.9. The van der Waals surface area contributed by atoms with Crippen LogP contribution in [-0.2, 0) is 18.1 Å². The molecule has 338 valence electrons. The largest absolute Gasteiger partial charge is 0.475 e. The highest BCUT2D eigenvalue weighted by atomic mass is 31.2. The fourth-order valence-corrected chi connectivity index (χ4v) is 15.2. The quantitative estimate of drug-likeness (QED) is 0.0947. The molecule has 0 spiro atoms. The van der Waals surface area contributed by atoms with E-state index in [0.717, 1.165) is 94.1 Å². The minimum absolute atomic E-state index is 0.0108. The molecule has 3 aliphatic heterocycles. The number of hydrogen-bond donors (Lipinski definition) is 0. The summed E-state index contributed by atoms with van der Waals surface area (Å²) in [5.41, 5.74) is 10.9. The molecule has 12 rings (SSSR count). The zero-order valence-corrected chi connectivity index (χ0v) is 38.5. The molecule has 0 saturated heterocycles. The first-order chi connectivity index (χ1) is 32.1. The van der Waals surface area contributed by atoms with E-state index in [1.807, 2.05) is 37.6 Å². The molecule has 10 nitrogen and oxygen atoms in total. The van der Waals surface area contributed by atoms with Crippen LogP contribution in [0.3, 0.4) is 0 Å². The van der Waals surface area contributed by atoms with Crippen molar-refractivity contribution < 1.29 is 18.1 Å². The smallest absolute Gasteiger partial charge is 0.323 e. The van der Waals surface area contributed by atoms with Crippen molar-refractivity contribution in [1.29, 1.82) is 0 Å². The van der Waals surface area contributed by atoms with Crippen molar-refractivity contribution in [3.63, 3.8) is 0 Å². The van der Waals surface area contributed by atoms with Gasteiger partial charge in [0.15, 0.2) is 0 Å². The first-order valence-electron chi connectivity index (χ1n) is 25.1. The second-order valence-electron chi connectivity index (χ2n) is 20.1. The molecule has 6 atom stereocenters. The van der Waals surface area contributed by atoms with Crippen LogP contribution in [0.1, 0.15) is 150 Å². The number of hydrogen-bond acceptors (Lipinski definition) is 7. The van der Waals surface area contributed by atoms with Crippen LogP contribution in [0.25, 0.3) is 33.8 Å². The minimum Gasteiger partial charge on any atom is -0.323 e. The number of nitrogens with zero attached hydrogens (tertiary/aromatic N) is 6. The van der Waals surface area contributed by atoms with Crippen molar-refractivity contribution in [3.05, 3.63) is 127 Å². The predicted octanol–water partition coefficient (Wildman–Crippen LogP) is 13.6. The van der Waals surface area contributed by atoms with Gasteiger partial charge in [-0.1, -0.05) is 131 Å². The Morgan fingerprint density at radius 3 is 1.05 bits per heavy atom. The zero-order chi connectivity index (χ0) is 43.3. The van der Waals surface area contributed by atoms with Crippen LogP contribution in [0, 0.1) is 17.8 Å². The van der Waals surface area contributed by atoms with Gasteiger partial charge in [0, 0.05) is 16.7 Å². The van der Waals surface area contributed by atoms with Crippen molar-refractivity contribution in [2.45, 2.75) is 152 Å². The summed E-state index contributed by atoms with van der Waals surface area (Å²) in [4.78, 5) is 13.9. The first kappa shape index (κ1) is 41.8. The van der Waals surface area contributed by atoms with Gasteiger partial charge in [0.05, 0.1) is 91.1 Å². The fraction of sp³-hybridized carbons (Fsp3) is 0.500. The highest BCUT2D eigenvalue weighted by molar-refractivity contribution is 7.48. The molecule has 6 aliphatic rings. The summed E-state index contributed by atoms with van der Waals surface area (Å²) < 4.78 is 46.3. The average Bonchev–Trinajstić information content (AvgIpc) is 4.23.